The van der Waals surface area contributed by atoms with Crippen molar-refractivity contribution in [3.05, 3.63) is 28.8 Å². The van der Waals surface area contributed by atoms with E-state index in [0.717, 1.165) is 19.3 Å². The van der Waals surface area contributed by atoms with E-state index in [1.807, 2.05) is 13.8 Å². The molecule has 0 N–H and O–H groups in total. The fraction of sp³-hybridized carbons (Fsp3) is 0.438. The summed E-state index contributed by atoms with van der Waals surface area (Å²) in [6.45, 7) is 4.26. The molecule has 0 saturated heterocycles. The number of nitrogens with zero attached hydrogens (tertiary/aromatic N) is 2. The Kier molecular flexibility index (Phi) is 4.34. The number of carbonyl (C=O) groups excluding carboxylic acids is 2. The van der Waals surface area contributed by atoms with Crippen LogP contribution < -0.4 is 4.90 Å². The van der Waals surface area contributed by atoms with E-state index in [1.165, 1.54) is 4.90 Å². The molecule has 2 rings (SSSR count). The Morgan fingerprint density at radius 1 is 1.29 bits per heavy atom. The van der Waals surface area contributed by atoms with Crippen molar-refractivity contribution in [3.8, 4) is 6.07 Å². The normalized spacial score (nSPS) is 14.3. The minimum absolute atomic E-state index is 0.307. The first-order valence-electron chi connectivity index (χ1n) is 6.93. The summed E-state index contributed by atoms with van der Waals surface area (Å²) >= 11 is 6.00. The van der Waals surface area contributed by atoms with E-state index in [2.05, 4.69) is 6.07 Å². The summed E-state index contributed by atoms with van der Waals surface area (Å²) in [6.07, 6.45) is 2.34. The summed E-state index contributed by atoms with van der Waals surface area (Å²) in [7, 11) is 0. The largest absolute Gasteiger partial charge is 0.305 e. The second-order valence-corrected chi connectivity index (χ2v) is 6.28. The molecule has 0 saturated carbocycles. The van der Waals surface area contributed by atoms with Crippen LogP contribution in [0.4, 0.5) is 5.69 Å². The molecule has 1 heterocycles. The number of carbonyl (C=O) groups is 2. The van der Waals surface area contributed by atoms with Crippen LogP contribution in [-0.4, -0.2) is 18.2 Å². The third-order valence-electron chi connectivity index (χ3n) is 3.69. The molecule has 0 radical (unpaired) electrons. The molecule has 1 amide bonds. The standard InChI is InChI=1S/C16H17ClN2O2/c1-16(2,10-18)8-3-4-9-19-12-7-5-6-11(17)13(12)14(20)15(19)21/h5-7H,3-4,8-9H2,1-2H3. The van der Waals surface area contributed by atoms with Gasteiger partial charge in [-0.15, -0.1) is 0 Å². The Bertz CT molecular complexity index is 632. The topological polar surface area (TPSA) is 61.2 Å². The molecular weight excluding hydrogens is 288 g/mol. The zero-order valence-corrected chi connectivity index (χ0v) is 12.9. The Hall–Kier alpha value is -1.86. The fourth-order valence-electron chi connectivity index (χ4n) is 2.42. The van der Waals surface area contributed by atoms with Gasteiger partial charge in [0, 0.05) is 6.54 Å². The van der Waals surface area contributed by atoms with Crippen molar-refractivity contribution >= 4 is 29.0 Å². The summed E-state index contributed by atoms with van der Waals surface area (Å²) in [5.74, 6) is -1.05. The SMILES string of the molecule is CC(C)(C#N)CCCCN1C(=O)C(=O)c2c(Cl)cccc21. The van der Waals surface area contributed by atoms with E-state index in [9.17, 15) is 9.59 Å². The van der Waals surface area contributed by atoms with Gasteiger partial charge in [0.15, 0.2) is 0 Å². The van der Waals surface area contributed by atoms with Crippen LogP contribution in [0, 0.1) is 16.7 Å². The summed E-state index contributed by atoms with van der Waals surface area (Å²) < 4.78 is 0. The number of hydrogen-bond acceptors (Lipinski definition) is 3. The summed E-state index contributed by atoms with van der Waals surface area (Å²) in [5, 5.41) is 9.29. The van der Waals surface area contributed by atoms with E-state index in [0.29, 0.717) is 22.8 Å². The maximum absolute atomic E-state index is 12.0. The molecule has 0 aliphatic carbocycles. The highest BCUT2D eigenvalue weighted by Crippen LogP contribution is 2.34. The lowest BCUT2D eigenvalue weighted by molar-refractivity contribution is -0.114. The van der Waals surface area contributed by atoms with Crippen molar-refractivity contribution in [2.24, 2.45) is 5.41 Å². The molecule has 1 aromatic rings. The van der Waals surface area contributed by atoms with Crippen molar-refractivity contribution in [1.82, 2.24) is 0 Å². The van der Waals surface area contributed by atoms with Crippen molar-refractivity contribution in [2.75, 3.05) is 11.4 Å². The maximum Gasteiger partial charge on any atom is 0.299 e. The lowest BCUT2D eigenvalue weighted by atomic mass is 9.89. The number of rotatable bonds is 5. The van der Waals surface area contributed by atoms with E-state index >= 15 is 0 Å². The van der Waals surface area contributed by atoms with E-state index < -0.39 is 11.7 Å². The van der Waals surface area contributed by atoms with Gasteiger partial charge in [0.1, 0.15) is 0 Å². The first-order valence-corrected chi connectivity index (χ1v) is 7.31. The van der Waals surface area contributed by atoms with Crippen molar-refractivity contribution < 1.29 is 9.59 Å². The van der Waals surface area contributed by atoms with Gasteiger partial charge < -0.3 is 4.90 Å². The lowest BCUT2D eigenvalue weighted by Gasteiger charge is -2.18. The fourth-order valence-corrected chi connectivity index (χ4v) is 2.67. The molecule has 1 aliphatic heterocycles. The van der Waals surface area contributed by atoms with Gasteiger partial charge in [-0.2, -0.15) is 5.26 Å². The van der Waals surface area contributed by atoms with Gasteiger partial charge in [-0.05, 0) is 38.8 Å². The average Bonchev–Trinajstić information content (AvgIpc) is 2.69. The molecule has 0 atom stereocenters. The van der Waals surface area contributed by atoms with Gasteiger partial charge in [-0.25, -0.2) is 0 Å². The summed E-state index contributed by atoms with van der Waals surface area (Å²) in [6, 6.07) is 7.35. The maximum atomic E-state index is 12.0. The predicted octanol–water partition coefficient (Wildman–Crippen LogP) is 3.59. The van der Waals surface area contributed by atoms with Crippen LogP contribution in [-0.2, 0) is 4.79 Å². The highest BCUT2D eigenvalue weighted by molar-refractivity contribution is 6.55. The van der Waals surface area contributed by atoms with Crippen LogP contribution in [0.15, 0.2) is 18.2 Å². The number of halogens is 1. The molecule has 0 bridgehead atoms. The molecule has 0 aromatic heterocycles. The van der Waals surface area contributed by atoms with E-state index in [4.69, 9.17) is 16.9 Å². The van der Waals surface area contributed by atoms with Crippen molar-refractivity contribution in [1.29, 1.82) is 5.26 Å². The van der Waals surface area contributed by atoms with Crippen LogP contribution in [0.3, 0.4) is 0 Å². The minimum atomic E-state index is -0.534. The predicted molar refractivity (Wildman–Crippen MR) is 81.4 cm³/mol. The Morgan fingerprint density at radius 3 is 2.67 bits per heavy atom. The molecule has 5 heteroatoms. The van der Waals surface area contributed by atoms with Gasteiger partial charge in [-0.1, -0.05) is 24.1 Å². The van der Waals surface area contributed by atoms with Crippen LogP contribution in [0.1, 0.15) is 43.5 Å². The third-order valence-corrected chi connectivity index (χ3v) is 4.00. The minimum Gasteiger partial charge on any atom is -0.305 e. The lowest BCUT2D eigenvalue weighted by Crippen LogP contribution is -2.30. The molecule has 1 aliphatic rings. The number of unbranched alkanes of at least 4 members (excludes halogenated alkanes) is 1. The van der Waals surface area contributed by atoms with E-state index in [-0.39, 0.29) is 5.41 Å². The van der Waals surface area contributed by atoms with Gasteiger partial charge in [0.2, 0.25) is 0 Å². The zero-order valence-electron chi connectivity index (χ0n) is 12.1. The Balaban J connectivity index is 2.03. The van der Waals surface area contributed by atoms with Crippen LogP contribution >= 0.6 is 11.6 Å². The monoisotopic (exact) mass is 304 g/mol. The van der Waals surface area contributed by atoms with Gasteiger partial charge >= 0.3 is 0 Å². The van der Waals surface area contributed by atoms with E-state index in [1.54, 1.807) is 18.2 Å². The number of hydrogen-bond donors (Lipinski definition) is 0. The second-order valence-electron chi connectivity index (χ2n) is 5.87. The Morgan fingerprint density at radius 2 is 2.00 bits per heavy atom. The highest BCUT2D eigenvalue weighted by Gasteiger charge is 2.36. The second kappa shape index (κ2) is 5.87. The van der Waals surface area contributed by atoms with Crippen molar-refractivity contribution in [3.63, 3.8) is 0 Å². The number of anilines is 1. The molecule has 1 aromatic carbocycles. The summed E-state index contributed by atoms with van der Waals surface area (Å²) in [4.78, 5) is 25.5. The first kappa shape index (κ1) is 15.5. The average molecular weight is 305 g/mol. The molecule has 4 nitrogen and oxygen atoms in total. The number of benzene rings is 1. The van der Waals surface area contributed by atoms with Gasteiger partial charge in [0.25, 0.3) is 11.7 Å². The number of Topliss-reactive ketones (excluding diaryl/α,β-unsaturated/α-hetero) is 1. The number of fused-ring (bicyclic) bond motifs is 1. The highest BCUT2D eigenvalue weighted by atomic mass is 35.5. The quantitative estimate of drug-likeness (QED) is 0.617. The number of amides is 1. The van der Waals surface area contributed by atoms with Gasteiger partial charge in [0.05, 0.1) is 27.8 Å². The van der Waals surface area contributed by atoms with Crippen LogP contribution in [0.25, 0.3) is 0 Å². The summed E-state index contributed by atoms with van der Waals surface area (Å²) in [5.41, 5.74) is 0.546. The van der Waals surface area contributed by atoms with Gasteiger partial charge in [-0.3, -0.25) is 9.59 Å². The van der Waals surface area contributed by atoms with Crippen LogP contribution in [0.5, 0.6) is 0 Å². The zero-order chi connectivity index (χ0) is 15.6. The first-order chi connectivity index (χ1) is 9.87. The molecule has 0 spiro atoms. The molecule has 110 valence electrons. The molecule has 0 fully saturated rings. The smallest absolute Gasteiger partial charge is 0.299 e. The van der Waals surface area contributed by atoms with Crippen molar-refractivity contribution in [2.45, 2.75) is 33.1 Å². The number of ketones is 1. The van der Waals surface area contributed by atoms with Crippen LogP contribution in [0.2, 0.25) is 5.02 Å². The molecular formula is C16H17ClN2O2. The molecule has 21 heavy (non-hydrogen) atoms. The third kappa shape index (κ3) is 3.08. The molecule has 0 unspecified atom stereocenters. The Labute approximate surface area is 129 Å². The number of nitriles is 1.